The number of carbonyl (C=O) groups is 2. The van der Waals surface area contributed by atoms with Crippen LogP contribution >= 0.6 is 0 Å². The van der Waals surface area contributed by atoms with Crippen molar-refractivity contribution in [3.8, 4) is 0 Å². The average Bonchev–Trinajstić information content (AvgIpc) is 2.77. The minimum atomic E-state index is -2.03. The highest BCUT2D eigenvalue weighted by Gasteiger charge is 2.45. The van der Waals surface area contributed by atoms with Crippen LogP contribution in [0.3, 0.4) is 0 Å². The van der Waals surface area contributed by atoms with Crippen molar-refractivity contribution in [3.63, 3.8) is 0 Å². The maximum Gasteiger partial charge on any atom is 0.330 e. The Morgan fingerprint density at radius 1 is 1.20 bits per heavy atom. The maximum atomic E-state index is 12.6. The Hall–Kier alpha value is -1.02. The van der Waals surface area contributed by atoms with Crippen LogP contribution in [-0.4, -0.2) is 51.3 Å². The zero-order valence-corrected chi connectivity index (χ0v) is 17.7. The molecule has 6 nitrogen and oxygen atoms in total. The van der Waals surface area contributed by atoms with Crippen LogP contribution in [0.25, 0.3) is 0 Å². The Balaban J connectivity index is 2.78. The van der Waals surface area contributed by atoms with Crippen molar-refractivity contribution >= 4 is 20.1 Å². The first kappa shape index (κ1) is 22.0. The summed E-state index contributed by atoms with van der Waals surface area (Å²) in [5, 5.41) is 0.0167. The number of esters is 1. The summed E-state index contributed by atoms with van der Waals surface area (Å²) >= 11 is 0. The first-order valence-corrected chi connectivity index (χ1v) is 11.6. The number of hydrogen-bond donors (Lipinski definition) is 0. The van der Waals surface area contributed by atoms with E-state index in [1.807, 2.05) is 0 Å². The van der Waals surface area contributed by atoms with Gasteiger partial charge in [0.05, 0.1) is 13.2 Å². The van der Waals surface area contributed by atoms with E-state index in [-0.39, 0.29) is 17.4 Å². The van der Waals surface area contributed by atoms with Crippen molar-refractivity contribution in [1.82, 2.24) is 0 Å². The third-order valence-electron chi connectivity index (χ3n) is 4.54. The van der Waals surface area contributed by atoms with Crippen LogP contribution in [0.4, 0.5) is 0 Å². The Morgan fingerprint density at radius 3 is 2.32 bits per heavy atom. The quantitative estimate of drug-likeness (QED) is 0.388. The Kier molecular flexibility index (Phi) is 7.15. The fourth-order valence-corrected chi connectivity index (χ4v) is 3.03. The summed E-state index contributed by atoms with van der Waals surface area (Å²) in [5.74, 6) is -1.56. The highest BCUT2D eigenvalue weighted by molar-refractivity contribution is 6.74. The van der Waals surface area contributed by atoms with E-state index in [1.54, 1.807) is 20.8 Å². The molecule has 1 aliphatic rings. The number of hydrogen-bond acceptors (Lipinski definition) is 6. The van der Waals surface area contributed by atoms with Crippen molar-refractivity contribution in [1.29, 1.82) is 0 Å². The molecule has 1 saturated heterocycles. The van der Waals surface area contributed by atoms with E-state index in [2.05, 4.69) is 33.9 Å². The van der Waals surface area contributed by atoms with Crippen molar-refractivity contribution in [2.24, 2.45) is 0 Å². The fraction of sp³-hybridized carbons (Fsp3) is 0.778. The molecule has 0 N–H and O–H groups in total. The molecule has 0 aromatic rings. The van der Waals surface area contributed by atoms with Crippen molar-refractivity contribution < 1.29 is 28.2 Å². The van der Waals surface area contributed by atoms with Gasteiger partial charge in [0.15, 0.2) is 26.0 Å². The number of Topliss-reactive ketones (excluding diaryl/α,β-unsaturated/α-hetero) is 1. The molecule has 0 aromatic heterocycles. The lowest BCUT2D eigenvalue weighted by atomic mass is 10.1. The van der Waals surface area contributed by atoms with Crippen LogP contribution in [0.15, 0.2) is 12.2 Å². The van der Waals surface area contributed by atoms with E-state index in [0.717, 1.165) is 0 Å². The first-order chi connectivity index (χ1) is 11.3. The lowest BCUT2D eigenvalue weighted by Crippen LogP contribution is -2.44. The number of ketones is 1. The lowest BCUT2D eigenvalue weighted by Gasteiger charge is -2.36. The summed E-state index contributed by atoms with van der Waals surface area (Å²) in [6.45, 7) is 16.0. The second-order valence-corrected chi connectivity index (χ2v) is 13.0. The second kappa shape index (κ2) is 8.12. The van der Waals surface area contributed by atoms with Gasteiger partial charge in [-0.3, -0.25) is 4.79 Å². The van der Waals surface area contributed by atoms with Crippen molar-refractivity contribution in [2.75, 3.05) is 13.2 Å². The lowest BCUT2D eigenvalue weighted by molar-refractivity contribution is -0.154. The predicted octanol–water partition coefficient (Wildman–Crippen LogP) is 3.22. The molecular weight excluding hydrogens is 340 g/mol. The molecule has 1 heterocycles. The van der Waals surface area contributed by atoms with Crippen LogP contribution in [0, 0.1) is 0 Å². The zero-order valence-electron chi connectivity index (χ0n) is 16.7. The van der Waals surface area contributed by atoms with Gasteiger partial charge in [0.1, 0.15) is 6.10 Å². The Labute approximate surface area is 152 Å². The second-order valence-electron chi connectivity index (χ2n) is 8.15. The predicted molar refractivity (Wildman–Crippen MR) is 97.8 cm³/mol. The van der Waals surface area contributed by atoms with Gasteiger partial charge in [0.25, 0.3) is 0 Å². The normalized spacial score (nSPS) is 23.8. The van der Waals surface area contributed by atoms with Gasteiger partial charge < -0.3 is 18.6 Å². The smallest absolute Gasteiger partial charge is 0.330 e. The van der Waals surface area contributed by atoms with Gasteiger partial charge in [-0.05, 0) is 45.0 Å². The summed E-state index contributed by atoms with van der Waals surface area (Å²) in [6.07, 6.45) is 1.34. The molecule has 0 spiro atoms. The van der Waals surface area contributed by atoms with E-state index in [4.69, 9.17) is 18.6 Å². The molecule has 0 radical (unpaired) electrons. The standard InChI is InChI=1S/C18H32O6Si/c1-9-21-15(20)11-10-14-16(24-18(5,6)23-14)13(19)12-22-25(7,8)17(2,3)4/h10-11,14,16H,9,12H2,1-8H3/b11-10+/t14-,16+/m0/s1. The van der Waals surface area contributed by atoms with E-state index in [0.29, 0.717) is 6.61 Å². The van der Waals surface area contributed by atoms with Crippen LogP contribution in [0.5, 0.6) is 0 Å². The molecule has 1 aliphatic heterocycles. The van der Waals surface area contributed by atoms with Gasteiger partial charge in [0.2, 0.25) is 0 Å². The highest BCUT2D eigenvalue weighted by atomic mass is 28.4. The van der Waals surface area contributed by atoms with Gasteiger partial charge >= 0.3 is 5.97 Å². The van der Waals surface area contributed by atoms with Crippen LogP contribution in [0.2, 0.25) is 18.1 Å². The summed E-state index contributed by atoms with van der Waals surface area (Å²) in [6, 6.07) is 0. The molecule has 0 aliphatic carbocycles. The first-order valence-electron chi connectivity index (χ1n) is 8.66. The Morgan fingerprint density at radius 2 is 1.80 bits per heavy atom. The molecule has 7 heteroatoms. The molecule has 2 atom stereocenters. The van der Waals surface area contributed by atoms with E-state index in [1.165, 1.54) is 12.2 Å². The molecule has 0 saturated carbocycles. The molecule has 0 aromatic carbocycles. The molecular formula is C18H32O6Si. The minimum Gasteiger partial charge on any atom is -0.463 e. The number of carbonyl (C=O) groups excluding carboxylic acids is 2. The summed E-state index contributed by atoms with van der Waals surface area (Å²) in [5.41, 5.74) is 0. The molecule has 1 fully saturated rings. The monoisotopic (exact) mass is 372 g/mol. The van der Waals surface area contributed by atoms with E-state index in [9.17, 15) is 9.59 Å². The van der Waals surface area contributed by atoms with Gasteiger partial charge in [-0.2, -0.15) is 0 Å². The van der Waals surface area contributed by atoms with Gasteiger partial charge in [0, 0.05) is 6.08 Å². The minimum absolute atomic E-state index is 0.0167. The molecule has 1 rings (SSSR count). The Bertz CT molecular complexity index is 518. The summed E-state index contributed by atoms with van der Waals surface area (Å²) in [4.78, 5) is 24.1. The van der Waals surface area contributed by atoms with E-state index < -0.39 is 32.3 Å². The average molecular weight is 373 g/mol. The summed E-state index contributed by atoms with van der Waals surface area (Å²) in [7, 11) is -2.03. The zero-order chi connectivity index (χ0) is 19.5. The largest absolute Gasteiger partial charge is 0.463 e. The number of ether oxygens (including phenoxy) is 3. The van der Waals surface area contributed by atoms with Crippen molar-refractivity contribution in [3.05, 3.63) is 12.2 Å². The van der Waals surface area contributed by atoms with Gasteiger partial charge in [-0.1, -0.05) is 20.8 Å². The molecule has 25 heavy (non-hydrogen) atoms. The molecule has 0 bridgehead atoms. The number of rotatable bonds is 7. The summed E-state index contributed by atoms with van der Waals surface area (Å²) < 4.78 is 22.3. The van der Waals surface area contributed by atoms with Gasteiger partial charge in [-0.25, -0.2) is 4.79 Å². The highest BCUT2D eigenvalue weighted by Crippen LogP contribution is 2.37. The third kappa shape index (κ3) is 6.33. The fourth-order valence-electron chi connectivity index (χ4n) is 2.09. The van der Waals surface area contributed by atoms with Gasteiger partial charge in [-0.15, -0.1) is 0 Å². The van der Waals surface area contributed by atoms with Crippen molar-refractivity contribution in [2.45, 2.75) is 77.7 Å². The molecule has 0 amide bonds. The van der Waals surface area contributed by atoms with Crippen LogP contribution in [-0.2, 0) is 28.2 Å². The van der Waals surface area contributed by atoms with E-state index >= 15 is 0 Å². The SMILES string of the molecule is CCOC(=O)/C=C/[C@@H]1OC(C)(C)O[C@@H]1C(=O)CO[Si](C)(C)C(C)(C)C. The molecule has 144 valence electrons. The maximum absolute atomic E-state index is 12.6. The molecule has 0 unspecified atom stereocenters. The van der Waals surface area contributed by atoms with Crippen LogP contribution in [0.1, 0.15) is 41.5 Å². The van der Waals surface area contributed by atoms with Crippen LogP contribution < -0.4 is 0 Å². The topological polar surface area (TPSA) is 71.1 Å². The third-order valence-corrected chi connectivity index (χ3v) is 9.01.